The van der Waals surface area contributed by atoms with Crippen LogP contribution in [0.2, 0.25) is 0 Å². The standard InChI is InChI=1S/C17H17BrN4O3/c1-12-10-16(19-11-15(12)22(24)25)20-6-8-21(9-7-20)17(23)13-2-4-14(18)5-3-13/h2-5,10-11H,6-9H2,1H3. The second kappa shape index (κ2) is 7.18. The van der Waals surface area contributed by atoms with Crippen LogP contribution in [0.3, 0.4) is 0 Å². The Hall–Kier alpha value is -2.48. The first-order chi connectivity index (χ1) is 12.0. The number of hydrogen-bond donors (Lipinski definition) is 0. The lowest BCUT2D eigenvalue weighted by atomic mass is 10.2. The fourth-order valence-electron chi connectivity index (χ4n) is 2.81. The predicted octanol–water partition coefficient (Wildman–Crippen LogP) is 3.02. The highest BCUT2D eigenvalue weighted by Crippen LogP contribution is 2.22. The van der Waals surface area contributed by atoms with Crippen molar-refractivity contribution in [1.29, 1.82) is 0 Å². The molecule has 0 bridgehead atoms. The number of anilines is 1. The molecule has 2 heterocycles. The van der Waals surface area contributed by atoms with E-state index in [-0.39, 0.29) is 11.6 Å². The van der Waals surface area contributed by atoms with Gasteiger partial charge < -0.3 is 9.80 Å². The summed E-state index contributed by atoms with van der Waals surface area (Å²) in [6.07, 6.45) is 1.30. The molecule has 0 aliphatic carbocycles. The molecule has 1 aliphatic rings. The first-order valence-corrected chi connectivity index (χ1v) is 8.66. The summed E-state index contributed by atoms with van der Waals surface area (Å²) in [5, 5.41) is 10.9. The van der Waals surface area contributed by atoms with Crippen molar-refractivity contribution < 1.29 is 9.72 Å². The van der Waals surface area contributed by atoms with E-state index in [1.54, 1.807) is 25.1 Å². The van der Waals surface area contributed by atoms with Gasteiger partial charge in [-0.1, -0.05) is 15.9 Å². The normalized spacial score (nSPS) is 14.5. The van der Waals surface area contributed by atoms with E-state index in [4.69, 9.17) is 0 Å². The summed E-state index contributed by atoms with van der Waals surface area (Å²) in [7, 11) is 0. The molecule has 1 aliphatic heterocycles. The van der Waals surface area contributed by atoms with Crippen molar-refractivity contribution in [2.24, 2.45) is 0 Å². The van der Waals surface area contributed by atoms with Gasteiger partial charge in [-0.25, -0.2) is 4.98 Å². The predicted molar refractivity (Wildman–Crippen MR) is 97.9 cm³/mol. The van der Waals surface area contributed by atoms with Gasteiger partial charge in [0.1, 0.15) is 12.0 Å². The Labute approximate surface area is 153 Å². The van der Waals surface area contributed by atoms with Gasteiger partial charge in [-0.05, 0) is 37.3 Å². The van der Waals surface area contributed by atoms with Crippen LogP contribution in [0.15, 0.2) is 41.0 Å². The first-order valence-electron chi connectivity index (χ1n) is 7.86. The maximum atomic E-state index is 12.5. The highest BCUT2D eigenvalue weighted by molar-refractivity contribution is 9.10. The molecule has 1 saturated heterocycles. The molecule has 130 valence electrons. The van der Waals surface area contributed by atoms with Crippen molar-refractivity contribution in [3.8, 4) is 0 Å². The van der Waals surface area contributed by atoms with Gasteiger partial charge in [0.2, 0.25) is 0 Å². The summed E-state index contributed by atoms with van der Waals surface area (Å²) in [6.45, 7) is 4.18. The maximum absolute atomic E-state index is 12.5. The number of hydrogen-bond acceptors (Lipinski definition) is 5. The zero-order valence-electron chi connectivity index (χ0n) is 13.7. The van der Waals surface area contributed by atoms with Gasteiger partial charge in [-0.2, -0.15) is 0 Å². The van der Waals surface area contributed by atoms with Gasteiger partial charge in [-0.15, -0.1) is 0 Å². The van der Waals surface area contributed by atoms with Crippen molar-refractivity contribution in [3.63, 3.8) is 0 Å². The molecule has 3 rings (SSSR count). The minimum atomic E-state index is -0.430. The molecule has 0 atom stereocenters. The van der Waals surface area contributed by atoms with E-state index in [1.807, 2.05) is 21.9 Å². The van der Waals surface area contributed by atoms with E-state index in [9.17, 15) is 14.9 Å². The monoisotopic (exact) mass is 404 g/mol. The van der Waals surface area contributed by atoms with Crippen molar-refractivity contribution in [2.45, 2.75) is 6.92 Å². The molecule has 1 fully saturated rings. The molecule has 1 aromatic carbocycles. The van der Waals surface area contributed by atoms with Crippen molar-refractivity contribution in [1.82, 2.24) is 9.88 Å². The van der Waals surface area contributed by atoms with E-state index < -0.39 is 4.92 Å². The molecule has 1 amide bonds. The second-order valence-corrected chi connectivity index (χ2v) is 6.79. The van der Waals surface area contributed by atoms with E-state index in [2.05, 4.69) is 20.9 Å². The van der Waals surface area contributed by atoms with E-state index in [0.29, 0.717) is 43.1 Å². The Kier molecular flexibility index (Phi) is 4.98. The lowest BCUT2D eigenvalue weighted by molar-refractivity contribution is -0.385. The quantitative estimate of drug-likeness (QED) is 0.580. The van der Waals surface area contributed by atoms with Gasteiger partial charge >= 0.3 is 0 Å². The summed E-state index contributed by atoms with van der Waals surface area (Å²) in [6, 6.07) is 9.05. The molecule has 0 spiro atoms. The Balaban J connectivity index is 1.65. The minimum Gasteiger partial charge on any atom is -0.353 e. The summed E-state index contributed by atoms with van der Waals surface area (Å²) in [5.41, 5.74) is 1.28. The number of carbonyl (C=O) groups excluding carboxylic acids is 1. The number of pyridine rings is 1. The van der Waals surface area contributed by atoms with Crippen LogP contribution in [-0.4, -0.2) is 46.9 Å². The van der Waals surface area contributed by atoms with Crippen molar-refractivity contribution in [2.75, 3.05) is 31.1 Å². The van der Waals surface area contributed by atoms with Gasteiger partial charge in [0, 0.05) is 41.8 Å². The van der Waals surface area contributed by atoms with Crippen molar-refractivity contribution >= 4 is 33.3 Å². The Morgan fingerprint density at radius 3 is 2.40 bits per heavy atom. The summed E-state index contributed by atoms with van der Waals surface area (Å²) >= 11 is 3.36. The van der Waals surface area contributed by atoms with E-state index in [1.165, 1.54) is 6.20 Å². The van der Waals surface area contributed by atoms with Gasteiger partial charge in [0.05, 0.1) is 4.92 Å². The number of benzene rings is 1. The van der Waals surface area contributed by atoms with Crippen LogP contribution in [0.5, 0.6) is 0 Å². The molecule has 7 nitrogen and oxygen atoms in total. The summed E-state index contributed by atoms with van der Waals surface area (Å²) in [4.78, 5) is 31.0. The van der Waals surface area contributed by atoms with Crippen LogP contribution in [0.4, 0.5) is 11.5 Å². The van der Waals surface area contributed by atoms with Gasteiger partial charge in [0.25, 0.3) is 11.6 Å². The molecule has 0 unspecified atom stereocenters. The third-order valence-corrected chi connectivity index (χ3v) is 4.78. The fraction of sp³-hybridized carbons (Fsp3) is 0.294. The van der Waals surface area contributed by atoms with Crippen LogP contribution in [0.25, 0.3) is 0 Å². The Bertz CT molecular complexity index is 802. The van der Waals surface area contributed by atoms with Crippen molar-refractivity contribution in [3.05, 3.63) is 62.2 Å². The maximum Gasteiger partial charge on any atom is 0.290 e. The molecule has 0 N–H and O–H groups in total. The van der Waals surface area contributed by atoms with Crippen LogP contribution >= 0.6 is 15.9 Å². The number of rotatable bonds is 3. The SMILES string of the molecule is Cc1cc(N2CCN(C(=O)c3ccc(Br)cc3)CC2)ncc1[N+](=O)[O-]. The number of nitro groups is 1. The molecular weight excluding hydrogens is 388 g/mol. The topological polar surface area (TPSA) is 79.6 Å². The zero-order valence-corrected chi connectivity index (χ0v) is 15.3. The van der Waals surface area contributed by atoms with Gasteiger partial charge in [-0.3, -0.25) is 14.9 Å². The summed E-state index contributed by atoms with van der Waals surface area (Å²) in [5.74, 6) is 0.721. The molecule has 2 aromatic rings. The molecule has 8 heteroatoms. The Morgan fingerprint density at radius 2 is 1.84 bits per heavy atom. The number of carbonyl (C=O) groups is 1. The zero-order chi connectivity index (χ0) is 18.0. The molecule has 0 radical (unpaired) electrons. The average molecular weight is 405 g/mol. The fourth-order valence-corrected chi connectivity index (χ4v) is 3.08. The highest BCUT2D eigenvalue weighted by Gasteiger charge is 2.23. The van der Waals surface area contributed by atoms with Crippen LogP contribution < -0.4 is 4.90 Å². The lowest BCUT2D eigenvalue weighted by Crippen LogP contribution is -2.49. The smallest absolute Gasteiger partial charge is 0.290 e. The van der Waals surface area contributed by atoms with Crippen LogP contribution in [-0.2, 0) is 0 Å². The highest BCUT2D eigenvalue weighted by atomic mass is 79.9. The first kappa shape index (κ1) is 17.3. The number of amides is 1. The molecule has 25 heavy (non-hydrogen) atoms. The third-order valence-electron chi connectivity index (χ3n) is 4.25. The largest absolute Gasteiger partial charge is 0.353 e. The Morgan fingerprint density at radius 1 is 1.20 bits per heavy atom. The second-order valence-electron chi connectivity index (χ2n) is 5.87. The lowest BCUT2D eigenvalue weighted by Gasteiger charge is -2.35. The molecule has 1 aromatic heterocycles. The van der Waals surface area contributed by atoms with Crippen LogP contribution in [0, 0.1) is 17.0 Å². The minimum absolute atomic E-state index is 0.0139. The number of aromatic nitrogens is 1. The van der Waals surface area contributed by atoms with Gasteiger partial charge in [0.15, 0.2) is 0 Å². The summed E-state index contributed by atoms with van der Waals surface area (Å²) < 4.78 is 0.938. The number of piperazine rings is 1. The third kappa shape index (κ3) is 3.79. The number of aryl methyl sites for hydroxylation is 1. The average Bonchev–Trinajstić information content (AvgIpc) is 2.61. The van der Waals surface area contributed by atoms with Crippen LogP contribution in [0.1, 0.15) is 15.9 Å². The van der Waals surface area contributed by atoms with E-state index in [0.717, 1.165) is 4.47 Å². The number of halogens is 1. The van der Waals surface area contributed by atoms with E-state index >= 15 is 0 Å². The molecule has 0 saturated carbocycles. The number of nitrogens with zero attached hydrogens (tertiary/aromatic N) is 4. The molecular formula is C17H17BrN4O3.